The minimum absolute atomic E-state index is 0. The van der Waals surface area contributed by atoms with E-state index in [9.17, 15) is 0 Å². The van der Waals surface area contributed by atoms with Crippen LogP contribution in [0.4, 0.5) is 0 Å². The van der Waals surface area contributed by atoms with Crippen molar-refractivity contribution in [1.29, 1.82) is 0 Å². The van der Waals surface area contributed by atoms with Gasteiger partial charge in [0.25, 0.3) is 0 Å². The van der Waals surface area contributed by atoms with Gasteiger partial charge in [0.05, 0.1) is 0 Å². The van der Waals surface area contributed by atoms with Crippen LogP contribution in [0.3, 0.4) is 0 Å². The van der Waals surface area contributed by atoms with Crippen molar-refractivity contribution < 1.29 is 23.9 Å². The summed E-state index contributed by atoms with van der Waals surface area (Å²) in [4.78, 5) is 0. The van der Waals surface area contributed by atoms with Crippen LogP contribution in [0.25, 0.3) is 10.8 Å². The van der Waals surface area contributed by atoms with Crippen LogP contribution in [0, 0.1) is 6.26 Å². The van der Waals surface area contributed by atoms with Gasteiger partial charge >= 0.3 is 0 Å². The van der Waals surface area contributed by atoms with E-state index < -0.39 is 0 Å². The zero-order valence-electron chi connectivity index (χ0n) is 5.91. The summed E-state index contributed by atoms with van der Waals surface area (Å²) in [5.41, 5.74) is 0. The van der Waals surface area contributed by atoms with Crippen LogP contribution < -0.4 is 0 Å². The molecule has 0 aliphatic heterocycles. The Morgan fingerprint density at radius 1 is 1.18 bits per heavy atom. The first-order valence-electron chi connectivity index (χ1n) is 2.81. The molecule has 0 radical (unpaired) electrons. The Kier molecular flexibility index (Phi) is 4.40. The van der Waals surface area contributed by atoms with Crippen molar-refractivity contribution in [1.82, 2.24) is 0 Å². The van der Waals surface area contributed by atoms with Crippen molar-refractivity contribution in [3.63, 3.8) is 0 Å². The Labute approximate surface area is 83.9 Å². The van der Waals surface area contributed by atoms with Crippen molar-refractivity contribution in [2.45, 2.75) is 0 Å². The summed E-state index contributed by atoms with van der Waals surface area (Å²) < 4.78 is 4.84. The van der Waals surface area contributed by atoms with E-state index in [4.69, 9.17) is 4.42 Å². The maximum Gasteiger partial charge on any atom is 0.0349 e. The first-order valence-corrected chi connectivity index (χ1v) is 2.81. The molecule has 0 unspecified atom stereocenters. The molecule has 0 bridgehead atoms. The molecule has 1 aromatic carbocycles. The fourth-order valence-corrected chi connectivity index (χ4v) is 0.849. The van der Waals surface area contributed by atoms with Gasteiger partial charge in [-0.25, -0.2) is 0 Å². The molecule has 0 spiro atoms. The van der Waals surface area contributed by atoms with Gasteiger partial charge in [-0.05, 0) is 6.26 Å². The second-order valence-electron chi connectivity index (χ2n) is 1.93. The molecule has 3 heteroatoms. The second kappa shape index (κ2) is 4.53. The van der Waals surface area contributed by atoms with Crippen LogP contribution in [0.1, 0.15) is 0 Å². The van der Waals surface area contributed by atoms with Crippen molar-refractivity contribution >= 4 is 23.2 Å². The number of rotatable bonds is 0. The molecule has 54 valence electrons. The van der Waals surface area contributed by atoms with Crippen molar-refractivity contribution in [2.75, 3.05) is 0 Å². The van der Waals surface area contributed by atoms with Gasteiger partial charge in [0.2, 0.25) is 0 Å². The summed E-state index contributed by atoms with van der Waals surface area (Å²) in [7, 11) is 0. The molecule has 1 nitrogen and oxygen atoms in total. The average molecular weight is 219 g/mol. The molecule has 0 aliphatic carbocycles. The number of halogens is 1. The summed E-state index contributed by atoms with van der Waals surface area (Å²) >= 11 is 0. The zero-order valence-corrected chi connectivity index (χ0v) is 9.69. The second-order valence-corrected chi connectivity index (χ2v) is 1.93. The van der Waals surface area contributed by atoms with E-state index in [-0.39, 0.29) is 31.9 Å². The van der Waals surface area contributed by atoms with Gasteiger partial charge in [-0.15, -0.1) is 41.4 Å². The van der Waals surface area contributed by atoms with Gasteiger partial charge in [-0.3, -0.25) is 0 Å². The normalized spacial score (nSPS) is 8.36. The third kappa shape index (κ3) is 2.05. The molecule has 0 amide bonds. The van der Waals surface area contributed by atoms with E-state index in [0.29, 0.717) is 0 Å². The number of fused-ring (bicyclic) bond motifs is 1. The van der Waals surface area contributed by atoms with Crippen LogP contribution in [-0.4, -0.2) is 0 Å². The topological polar surface area (TPSA) is 13.1 Å². The Morgan fingerprint density at radius 3 is 2.64 bits per heavy atom. The monoisotopic (exact) mass is 217 g/mol. The summed E-state index contributed by atoms with van der Waals surface area (Å²) in [6.45, 7) is 0. The Balaban J connectivity index is 0.000000500. The smallest absolute Gasteiger partial charge is 0.0349 e. The Hall–Kier alpha value is -0.327. The van der Waals surface area contributed by atoms with Crippen molar-refractivity contribution in [3.05, 3.63) is 36.8 Å². The summed E-state index contributed by atoms with van der Waals surface area (Å²) in [6, 6.07) is 7.91. The molecule has 11 heavy (non-hydrogen) atoms. The standard InChI is InChI=1S/C8H5O.ClH.Zn/c1-2-4-8-6-9-5-7(8)3-1;;/h1-5H;1H;/q-1;;. The van der Waals surface area contributed by atoms with Crippen LogP contribution in [0.5, 0.6) is 0 Å². The van der Waals surface area contributed by atoms with E-state index in [1.165, 1.54) is 0 Å². The van der Waals surface area contributed by atoms with Gasteiger partial charge in [0.1, 0.15) is 0 Å². The predicted molar refractivity (Wildman–Crippen MR) is 42.3 cm³/mol. The van der Waals surface area contributed by atoms with E-state index in [1.54, 1.807) is 6.26 Å². The minimum atomic E-state index is 0. The predicted octanol–water partition coefficient (Wildman–Crippen LogP) is 2.65. The quantitative estimate of drug-likeness (QED) is 0.490. The van der Waals surface area contributed by atoms with Gasteiger partial charge in [-0.2, -0.15) is 0 Å². The summed E-state index contributed by atoms with van der Waals surface area (Å²) in [5.74, 6) is 0. The Morgan fingerprint density at radius 2 is 1.91 bits per heavy atom. The van der Waals surface area contributed by atoms with Gasteiger partial charge in [0.15, 0.2) is 0 Å². The Bertz CT molecular complexity index is 288. The maximum absolute atomic E-state index is 4.84. The number of benzene rings is 1. The number of furan rings is 1. The van der Waals surface area contributed by atoms with Crippen LogP contribution in [-0.2, 0) is 19.5 Å². The molecule has 0 atom stereocenters. The molecule has 0 aliphatic rings. The summed E-state index contributed by atoms with van der Waals surface area (Å²) in [6.07, 6.45) is 4.43. The van der Waals surface area contributed by atoms with E-state index in [2.05, 4.69) is 6.26 Å². The molecule has 1 heterocycles. The van der Waals surface area contributed by atoms with Crippen LogP contribution in [0.2, 0.25) is 0 Å². The fourth-order valence-electron chi connectivity index (χ4n) is 0.849. The van der Waals surface area contributed by atoms with Gasteiger partial charge < -0.3 is 4.42 Å². The summed E-state index contributed by atoms with van der Waals surface area (Å²) in [5, 5.41) is 2.15. The molecular weight excluding hydrogens is 213 g/mol. The molecular formula is C8H6ClOZn-. The number of hydrogen-bond acceptors (Lipinski definition) is 1. The van der Waals surface area contributed by atoms with E-state index >= 15 is 0 Å². The SMILES string of the molecule is Cl.[Zn].[c-]1occ2ccccc12. The van der Waals surface area contributed by atoms with Crippen molar-refractivity contribution in [2.24, 2.45) is 0 Å². The molecule has 1 aromatic heterocycles. The van der Waals surface area contributed by atoms with Crippen LogP contribution >= 0.6 is 12.4 Å². The molecule has 0 fully saturated rings. The molecule has 0 saturated heterocycles. The zero-order chi connectivity index (χ0) is 6.10. The van der Waals surface area contributed by atoms with Crippen molar-refractivity contribution in [3.8, 4) is 0 Å². The van der Waals surface area contributed by atoms with E-state index in [1.807, 2.05) is 24.3 Å². The van der Waals surface area contributed by atoms with E-state index in [0.717, 1.165) is 10.8 Å². The number of hydrogen-bond donors (Lipinski definition) is 0. The third-order valence-electron chi connectivity index (χ3n) is 1.32. The molecule has 2 aromatic rings. The first-order chi connectivity index (χ1) is 4.47. The minimum Gasteiger partial charge on any atom is -0.565 e. The maximum atomic E-state index is 4.84. The average Bonchev–Trinajstić information content (AvgIpc) is 2.33. The van der Waals surface area contributed by atoms with Gasteiger partial charge in [0, 0.05) is 25.7 Å². The third-order valence-corrected chi connectivity index (χ3v) is 1.32. The molecule has 0 saturated carbocycles. The largest absolute Gasteiger partial charge is 0.565 e. The van der Waals surface area contributed by atoms with Crippen LogP contribution in [0.15, 0.2) is 34.9 Å². The fraction of sp³-hybridized carbons (Fsp3) is 0. The first kappa shape index (κ1) is 10.7. The molecule has 0 N–H and O–H groups in total. The van der Waals surface area contributed by atoms with Gasteiger partial charge in [-0.1, -0.05) is 6.07 Å². The molecule has 2 rings (SSSR count).